The van der Waals surface area contributed by atoms with Crippen LogP contribution >= 0.6 is 0 Å². The van der Waals surface area contributed by atoms with Gasteiger partial charge in [0.1, 0.15) is 11.6 Å². The first-order valence-corrected chi connectivity index (χ1v) is 10.6. The van der Waals surface area contributed by atoms with Crippen LogP contribution in [-0.4, -0.2) is 11.8 Å². The van der Waals surface area contributed by atoms with Crippen molar-refractivity contribution in [3.63, 3.8) is 0 Å². The van der Waals surface area contributed by atoms with Crippen molar-refractivity contribution < 1.29 is 18.4 Å². The highest BCUT2D eigenvalue weighted by Crippen LogP contribution is 2.33. The Morgan fingerprint density at radius 1 is 0.781 bits per heavy atom. The summed E-state index contributed by atoms with van der Waals surface area (Å²) in [5.41, 5.74) is 3.25. The third kappa shape index (κ3) is 5.78. The molecule has 1 fully saturated rings. The van der Waals surface area contributed by atoms with Gasteiger partial charge in [-0.2, -0.15) is 0 Å². The largest absolute Gasteiger partial charge is 0.352 e. The molecule has 1 aliphatic rings. The van der Waals surface area contributed by atoms with Crippen molar-refractivity contribution in [2.24, 2.45) is 5.92 Å². The third-order valence-electron chi connectivity index (χ3n) is 5.46. The number of hydrogen-bond donors (Lipinski definition) is 1. The van der Waals surface area contributed by atoms with E-state index in [9.17, 15) is 18.4 Å². The van der Waals surface area contributed by atoms with Gasteiger partial charge in [-0.25, -0.2) is 8.78 Å². The summed E-state index contributed by atoms with van der Waals surface area (Å²) in [7, 11) is 0. The number of benzene rings is 3. The molecule has 0 heterocycles. The molecule has 4 nitrogen and oxygen atoms in total. The molecule has 1 aliphatic carbocycles. The molecule has 0 aromatic heterocycles. The van der Waals surface area contributed by atoms with Gasteiger partial charge in [-0.15, -0.1) is 0 Å². The van der Waals surface area contributed by atoms with E-state index in [1.807, 2.05) is 24.3 Å². The maximum absolute atomic E-state index is 13.2. The van der Waals surface area contributed by atoms with Crippen LogP contribution in [0.5, 0.6) is 0 Å². The summed E-state index contributed by atoms with van der Waals surface area (Å²) in [4.78, 5) is 26.8. The van der Waals surface area contributed by atoms with Crippen molar-refractivity contribution >= 4 is 17.5 Å². The highest BCUT2D eigenvalue weighted by atomic mass is 19.1. The summed E-state index contributed by atoms with van der Waals surface area (Å²) in [6, 6.07) is 19.5. The zero-order valence-corrected chi connectivity index (χ0v) is 17.6. The van der Waals surface area contributed by atoms with E-state index in [0.717, 1.165) is 35.2 Å². The minimum atomic E-state index is -0.311. The van der Waals surface area contributed by atoms with Crippen LogP contribution in [0, 0.1) is 17.6 Å². The Hall–Kier alpha value is -3.54. The first-order valence-electron chi connectivity index (χ1n) is 10.6. The molecule has 0 atom stereocenters. The summed E-state index contributed by atoms with van der Waals surface area (Å²) in [6.07, 6.45) is 1.99. The number of amides is 2. The number of hydrogen-bond acceptors (Lipinski definition) is 2. The van der Waals surface area contributed by atoms with Gasteiger partial charge >= 0.3 is 0 Å². The molecule has 1 N–H and O–H groups in total. The third-order valence-corrected chi connectivity index (χ3v) is 5.46. The Bertz CT molecular complexity index is 1080. The first-order chi connectivity index (χ1) is 15.5. The van der Waals surface area contributed by atoms with Gasteiger partial charge in [0.15, 0.2) is 0 Å². The minimum absolute atomic E-state index is 0.0485. The van der Waals surface area contributed by atoms with Crippen molar-refractivity contribution in [1.29, 1.82) is 0 Å². The number of rotatable bonds is 8. The topological polar surface area (TPSA) is 49.4 Å². The molecule has 0 radical (unpaired) electrons. The zero-order chi connectivity index (χ0) is 22.5. The van der Waals surface area contributed by atoms with Crippen LogP contribution < -0.4 is 10.2 Å². The number of halogens is 2. The van der Waals surface area contributed by atoms with Gasteiger partial charge in [0.2, 0.25) is 11.8 Å². The minimum Gasteiger partial charge on any atom is -0.352 e. The fourth-order valence-electron chi connectivity index (χ4n) is 3.46. The molecular formula is C26H24F2N2O2. The molecule has 2 amide bonds. The average molecular weight is 434 g/mol. The molecule has 3 aromatic carbocycles. The molecule has 0 saturated heterocycles. The summed E-state index contributed by atoms with van der Waals surface area (Å²) < 4.78 is 26.2. The molecule has 4 rings (SSSR count). The van der Waals surface area contributed by atoms with Crippen molar-refractivity contribution in [1.82, 2.24) is 5.32 Å². The van der Waals surface area contributed by atoms with E-state index in [1.165, 1.54) is 24.3 Å². The van der Waals surface area contributed by atoms with E-state index in [-0.39, 0.29) is 35.8 Å². The van der Waals surface area contributed by atoms with E-state index in [2.05, 4.69) is 5.32 Å². The van der Waals surface area contributed by atoms with Gasteiger partial charge in [-0.3, -0.25) is 9.59 Å². The van der Waals surface area contributed by atoms with Crippen molar-refractivity contribution in [2.45, 2.75) is 32.4 Å². The lowest BCUT2D eigenvalue weighted by molar-refractivity contribution is -0.121. The Morgan fingerprint density at radius 3 is 1.88 bits per heavy atom. The molecule has 32 heavy (non-hydrogen) atoms. The molecule has 0 aliphatic heterocycles. The van der Waals surface area contributed by atoms with Gasteiger partial charge in [0, 0.05) is 18.2 Å². The molecule has 3 aromatic rings. The highest BCUT2D eigenvalue weighted by Gasteiger charge is 2.34. The Balaban J connectivity index is 1.39. The number of anilines is 1. The Kier molecular flexibility index (Phi) is 6.59. The van der Waals surface area contributed by atoms with Gasteiger partial charge in [0.05, 0.1) is 13.0 Å². The number of carbonyl (C=O) groups is 2. The van der Waals surface area contributed by atoms with E-state index in [1.54, 1.807) is 29.2 Å². The smallest absolute Gasteiger partial charge is 0.230 e. The van der Waals surface area contributed by atoms with E-state index in [0.29, 0.717) is 13.1 Å². The Morgan fingerprint density at radius 2 is 1.31 bits per heavy atom. The summed E-state index contributed by atoms with van der Waals surface area (Å²) in [5, 5.41) is 2.83. The normalized spacial score (nSPS) is 12.9. The molecule has 0 unspecified atom stereocenters. The van der Waals surface area contributed by atoms with Crippen LogP contribution in [0.15, 0.2) is 72.8 Å². The van der Waals surface area contributed by atoms with Crippen LogP contribution in [0.3, 0.4) is 0 Å². The fraction of sp³-hybridized carbons (Fsp3) is 0.231. The van der Waals surface area contributed by atoms with E-state index >= 15 is 0 Å². The molecule has 6 heteroatoms. The predicted molar refractivity (Wildman–Crippen MR) is 119 cm³/mol. The highest BCUT2D eigenvalue weighted by molar-refractivity contribution is 5.96. The second-order valence-corrected chi connectivity index (χ2v) is 8.07. The summed E-state index contributed by atoms with van der Waals surface area (Å²) in [5.74, 6) is -0.643. The zero-order valence-electron chi connectivity index (χ0n) is 17.6. The number of nitrogens with one attached hydrogen (secondary N) is 1. The lowest BCUT2D eigenvalue weighted by Crippen LogP contribution is -2.31. The SMILES string of the molecule is O=C(Cc1ccc(N(Cc2ccc(F)cc2)C(=O)C2CC2)cc1)NCc1ccc(F)cc1. The Labute approximate surface area is 185 Å². The van der Waals surface area contributed by atoms with Crippen molar-refractivity contribution in [3.8, 4) is 0 Å². The average Bonchev–Trinajstić information content (AvgIpc) is 3.64. The monoisotopic (exact) mass is 434 g/mol. The molecule has 1 saturated carbocycles. The van der Waals surface area contributed by atoms with E-state index < -0.39 is 0 Å². The quantitative estimate of drug-likeness (QED) is 0.555. The lowest BCUT2D eigenvalue weighted by Gasteiger charge is -2.23. The fourth-order valence-corrected chi connectivity index (χ4v) is 3.46. The summed E-state index contributed by atoms with van der Waals surface area (Å²) in [6.45, 7) is 0.700. The van der Waals surface area contributed by atoms with Crippen LogP contribution in [0.2, 0.25) is 0 Å². The molecule has 164 valence electrons. The first kappa shape index (κ1) is 21.7. The second-order valence-electron chi connectivity index (χ2n) is 8.07. The second kappa shape index (κ2) is 9.73. The molecular weight excluding hydrogens is 410 g/mol. The van der Waals surface area contributed by atoms with E-state index in [4.69, 9.17) is 0 Å². The van der Waals surface area contributed by atoms with Gasteiger partial charge in [0.25, 0.3) is 0 Å². The molecule has 0 spiro atoms. The van der Waals surface area contributed by atoms with Gasteiger partial charge in [-0.1, -0.05) is 36.4 Å². The molecule has 0 bridgehead atoms. The van der Waals surface area contributed by atoms with Crippen LogP contribution in [0.1, 0.15) is 29.5 Å². The maximum Gasteiger partial charge on any atom is 0.230 e. The van der Waals surface area contributed by atoms with Crippen molar-refractivity contribution in [2.75, 3.05) is 4.90 Å². The van der Waals surface area contributed by atoms with Gasteiger partial charge in [-0.05, 0) is 65.9 Å². The van der Waals surface area contributed by atoms with Crippen LogP contribution in [0.25, 0.3) is 0 Å². The van der Waals surface area contributed by atoms with Crippen LogP contribution in [0.4, 0.5) is 14.5 Å². The standard InChI is InChI=1S/C26H24F2N2O2/c27-22-9-1-19(2-10-22)16-29-25(31)15-18-5-13-24(14-6-18)30(26(32)21-7-8-21)17-20-3-11-23(28)12-4-20/h1-6,9-14,21H,7-8,15-17H2,(H,29,31). The lowest BCUT2D eigenvalue weighted by atomic mass is 10.1. The number of nitrogens with zero attached hydrogens (tertiary/aromatic N) is 1. The maximum atomic E-state index is 13.2. The number of carbonyl (C=O) groups excluding carboxylic acids is 2. The summed E-state index contributed by atoms with van der Waals surface area (Å²) >= 11 is 0. The van der Waals surface area contributed by atoms with Gasteiger partial charge < -0.3 is 10.2 Å². The van der Waals surface area contributed by atoms with Crippen LogP contribution in [-0.2, 0) is 29.1 Å². The van der Waals surface area contributed by atoms with Crippen molar-refractivity contribution in [3.05, 3.63) is 101 Å². The predicted octanol–water partition coefficient (Wildman–Crippen LogP) is 4.77.